The maximum atomic E-state index is 13.8. The number of hydrogen-bond acceptors (Lipinski definition) is 7. The van der Waals surface area contributed by atoms with Crippen molar-refractivity contribution in [2.45, 2.75) is 90.0 Å². The molecule has 4 rings (SSSR count). The van der Waals surface area contributed by atoms with Crippen LogP contribution < -0.4 is 27.2 Å². The maximum Gasteiger partial charge on any atom is 0.274 e. The minimum atomic E-state index is -0.588. The first-order valence-corrected chi connectivity index (χ1v) is 15.3. The summed E-state index contributed by atoms with van der Waals surface area (Å²) in [5.41, 5.74) is 12.9. The summed E-state index contributed by atoms with van der Waals surface area (Å²) < 4.78 is 0. The van der Waals surface area contributed by atoms with Gasteiger partial charge in [0.2, 0.25) is 0 Å². The van der Waals surface area contributed by atoms with Crippen LogP contribution in [0.5, 0.6) is 0 Å². The SMILES string of the molecule is CC/C(Cl)=C\C(Cl)/C=C/C1=NC2(CCCC(C(C)(C)C)CC2)N(Cc2ccc(C(=O)NCC3NNNN3)cc2)C1=O. The molecule has 224 valence electrons. The van der Waals surface area contributed by atoms with Crippen molar-refractivity contribution in [3.05, 3.63) is 58.7 Å². The van der Waals surface area contributed by atoms with Gasteiger partial charge in [0.25, 0.3) is 11.8 Å². The Morgan fingerprint density at radius 3 is 2.56 bits per heavy atom. The van der Waals surface area contributed by atoms with E-state index in [2.05, 4.69) is 48.0 Å². The lowest BCUT2D eigenvalue weighted by Crippen LogP contribution is -2.46. The van der Waals surface area contributed by atoms with E-state index in [0.717, 1.165) is 37.7 Å². The van der Waals surface area contributed by atoms with Crippen LogP contribution in [0, 0.1) is 11.3 Å². The van der Waals surface area contributed by atoms with Crippen LogP contribution in [0.3, 0.4) is 0 Å². The predicted molar refractivity (Wildman–Crippen MR) is 165 cm³/mol. The highest BCUT2D eigenvalue weighted by atomic mass is 35.5. The molecule has 9 nitrogen and oxygen atoms in total. The Bertz CT molecular complexity index is 1170. The van der Waals surface area contributed by atoms with Crippen molar-refractivity contribution in [3.8, 4) is 0 Å². The highest BCUT2D eigenvalue weighted by Crippen LogP contribution is 2.44. The molecule has 2 aliphatic heterocycles. The van der Waals surface area contributed by atoms with Crippen LogP contribution in [-0.2, 0) is 11.3 Å². The molecule has 3 atom stereocenters. The number of rotatable bonds is 9. The largest absolute Gasteiger partial charge is 0.349 e. The van der Waals surface area contributed by atoms with E-state index in [1.165, 1.54) is 0 Å². The van der Waals surface area contributed by atoms with Gasteiger partial charge in [-0.25, -0.2) is 10.9 Å². The van der Waals surface area contributed by atoms with E-state index in [1.54, 1.807) is 30.4 Å². The normalized spacial score (nSPS) is 25.2. The summed E-state index contributed by atoms with van der Waals surface area (Å²) in [6.07, 6.45) is 10.7. The highest BCUT2D eigenvalue weighted by molar-refractivity contribution is 6.45. The molecule has 1 saturated heterocycles. The third-order valence-corrected chi connectivity index (χ3v) is 8.90. The Kier molecular flexibility index (Phi) is 10.7. The molecule has 2 heterocycles. The van der Waals surface area contributed by atoms with Gasteiger partial charge >= 0.3 is 0 Å². The van der Waals surface area contributed by atoms with Gasteiger partial charge in [-0.1, -0.05) is 57.5 Å². The van der Waals surface area contributed by atoms with Gasteiger partial charge in [-0.15, -0.1) is 11.6 Å². The van der Waals surface area contributed by atoms with Gasteiger partial charge in [-0.2, -0.15) is 11.1 Å². The fourth-order valence-electron chi connectivity index (χ4n) is 5.70. The lowest BCUT2D eigenvalue weighted by molar-refractivity contribution is -0.129. The first kappa shape index (κ1) is 31.7. The number of carbonyl (C=O) groups excluding carboxylic acids is 2. The van der Waals surface area contributed by atoms with Gasteiger partial charge < -0.3 is 10.2 Å². The van der Waals surface area contributed by atoms with E-state index in [0.29, 0.717) is 41.7 Å². The lowest BCUT2D eigenvalue weighted by Gasteiger charge is -2.36. The number of nitrogens with one attached hydrogen (secondary N) is 5. The second-order valence-electron chi connectivity index (χ2n) is 12.1. The summed E-state index contributed by atoms with van der Waals surface area (Å²) in [4.78, 5) is 33.5. The molecule has 1 aliphatic carbocycles. The van der Waals surface area contributed by atoms with Crippen LogP contribution in [0.4, 0.5) is 0 Å². The zero-order chi connectivity index (χ0) is 29.6. The molecule has 1 aromatic rings. The summed E-state index contributed by atoms with van der Waals surface area (Å²) in [5.74, 6) is 0.313. The first-order valence-electron chi connectivity index (χ1n) is 14.5. The average Bonchev–Trinajstić information content (AvgIpc) is 3.47. The molecule has 41 heavy (non-hydrogen) atoms. The van der Waals surface area contributed by atoms with Crippen molar-refractivity contribution in [2.24, 2.45) is 16.3 Å². The van der Waals surface area contributed by atoms with E-state index in [1.807, 2.05) is 24.0 Å². The third kappa shape index (κ3) is 8.18. The quantitative estimate of drug-likeness (QED) is 0.263. The number of hydrazine groups is 3. The Labute approximate surface area is 253 Å². The van der Waals surface area contributed by atoms with Gasteiger partial charge in [0.1, 0.15) is 17.5 Å². The number of alkyl halides is 1. The van der Waals surface area contributed by atoms with E-state index in [4.69, 9.17) is 28.2 Å². The molecule has 5 N–H and O–H groups in total. The number of carbonyl (C=O) groups is 2. The van der Waals surface area contributed by atoms with Crippen LogP contribution in [0.1, 0.15) is 82.1 Å². The predicted octanol–water partition coefficient (Wildman–Crippen LogP) is 4.66. The van der Waals surface area contributed by atoms with E-state index in [9.17, 15) is 9.59 Å². The van der Waals surface area contributed by atoms with E-state index in [-0.39, 0.29) is 23.4 Å². The Morgan fingerprint density at radius 2 is 1.90 bits per heavy atom. The van der Waals surface area contributed by atoms with E-state index >= 15 is 0 Å². The monoisotopic (exact) mass is 603 g/mol. The molecule has 3 unspecified atom stereocenters. The topological polar surface area (TPSA) is 110 Å². The van der Waals surface area contributed by atoms with Gasteiger partial charge in [-0.3, -0.25) is 14.6 Å². The molecule has 2 amide bonds. The van der Waals surface area contributed by atoms with Crippen molar-refractivity contribution >= 4 is 40.7 Å². The van der Waals surface area contributed by atoms with Gasteiger partial charge in [0, 0.05) is 23.7 Å². The third-order valence-electron chi connectivity index (χ3n) is 8.24. The molecule has 1 saturated carbocycles. The van der Waals surface area contributed by atoms with Crippen LogP contribution >= 0.6 is 23.2 Å². The fraction of sp³-hybridized carbons (Fsp3) is 0.567. The molecule has 1 spiro atoms. The van der Waals surface area contributed by atoms with E-state index < -0.39 is 11.0 Å². The smallest absolute Gasteiger partial charge is 0.274 e. The molecule has 11 heteroatoms. The zero-order valence-corrected chi connectivity index (χ0v) is 25.9. The standard InChI is InChI=1S/C30H43Cl2N7O2/c1-5-23(31)17-24(32)12-13-25-28(41)39(30(34-25)15-6-7-22(14-16-30)29(2,3)4)19-20-8-10-21(11-9-20)27(40)33-18-26-35-37-38-36-26/h8-13,17,22,24,26,35-38H,5-7,14-16,18-19H2,1-4H3,(H,33,40)/b13-12+,23-17+. The van der Waals surface area contributed by atoms with Crippen LogP contribution in [-0.4, -0.2) is 46.2 Å². The van der Waals surface area contributed by atoms with Crippen molar-refractivity contribution < 1.29 is 9.59 Å². The second-order valence-corrected chi connectivity index (χ2v) is 13.1. The van der Waals surface area contributed by atoms with Gasteiger partial charge in [0.15, 0.2) is 0 Å². The van der Waals surface area contributed by atoms with Crippen molar-refractivity contribution in [2.75, 3.05) is 6.54 Å². The molecule has 0 bridgehead atoms. The summed E-state index contributed by atoms with van der Waals surface area (Å²) >= 11 is 12.6. The first-order chi connectivity index (χ1) is 19.5. The molecular weight excluding hydrogens is 561 g/mol. The Hall–Kier alpha value is -2.27. The van der Waals surface area contributed by atoms with Crippen molar-refractivity contribution in [1.29, 1.82) is 0 Å². The fourth-order valence-corrected chi connectivity index (χ4v) is 6.12. The minimum absolute atomic E-state index is 0.0921. The summed E-state index contributed by atoms with van der Waals surface area (Å²) in [5, 5.41) is 3.16. The molecule has 2 fully saturated rings. The number of benzene rings is 1. The Balaban J connectivity index is 1.52. The van der Waals surface area contributed by atoms with Crippen molar-refractivity contribution in [3.63, 3.8) is 0 Å². The molecule has 0 radical (unpaired) electrons. The lowest BCUT2D eigenvalue weighted by atomic mass is 9.76. The summed E-state index contributed by atoms with van der Waals surface area (Å²) in [7, 11) is 0. The zero-order valence-electron chi connectivity index (χ0n) is 24.4. The second kappa shape index (κ2) is 13.8. The molecule has 0 aromatic heterocycles. The minimum Gasteiger partial charge on any atom is -0.349 e. The van der Waals surface area contributed by atoms with Crippen molar-refractivity contribution in [1.82, 2.24) is 32.1 Å². The molecular formula is C30H43Cl2N7O2. The average molecular weight is 605 g/mol. The summed E-state index contributed by atoms with van der Waals surface area (Å²) in [6.45, 7) is 9.68. The molecule has 1 aromatic carbocycles. The van der Waals surface area contributed by atoms with Crippen LogP contribution in [0.2, 0.25) is 0 Å². The number of amides is 2. The van der Waals surface area contributed by atoms with Gasteiger partial charge in [0.05, 0.1) is 5.38 Å². The number of allylic oxidation sites excluding steroid dienone is 3. The summed E-state index contributed by atoms with van der Waals surface area (Å²) in [6, 6.07) is 7.44. The number of hydrogen-bond donors (Lipinski definition) is 5. The number of halogens is 2. The number of nitrogens with zero attached hydrogens (tertiary/aromatic N) is 2. The maximum absolute atomic E-state index is 13.8. The Morgan fingerprint density at radius 1 is 1.20 bits per heavy atom. The number of aliphatic imine (C=N–C) groups is 1. The molecule has 3 aliphatic rings. The van der Waals surface area contributed by atoms with Crippen LogP contribution in [0.25, 0.3) is 0 Å². The van der Waals surface area contributed by atoms with Gasteiger partial charge in [-0.05, 0) is 79.7 Å². The van der Waals surface area contributed by atoms with Crippen LogP contribution in [0.15, 0.2) is 52.5 Å². The highest BCUT2D eigenvalue weighted by Gasteiger charge is 2.47.